The SMILES string of the molecule is Cc1nc(CNCC2CCC(=O)N2)cs1. The zero-order chi connectivity index (χ0) is 10.7. The van der Waals surface area contributed by atoms with Crippen molar-refractivity contribution in [2.45, 2.75) is 32.4 Å². The average molecular weight is 225 g/mol. The van der Waals surface area contributed by atoms with Gasteiger partial charge < -0.3 is 10.6 Å². The van der Waals surface area contributed by atoms with Gasteiger partial charge in [0.15, 0.2) is 0 Å². The predicted molar refractivity (Wildman–Crippen MR) is 59.7 cm³/mol. The molecule has 1 aromatic rings. The standard InChI is InChI=1S/C10H15N3OS/c1-7-12-9(6-15-7)5-11-4-8-2-3-10(14)13-8/h6,8,11H,2-5H2,1H3,(H,13,14). The quantitative estimate of drug-likeness (QED) is 0.797. The molecule has 2 heterocycles. The van der Waals surface area contributed by atoms with Crippen LogP contribution in [0.3, 0.4) is 0 Å². The van der Waals surface area contributed by atoms with E-state index in [0.717, 1.165) is 30.2 Å². The lowest BCUT2D eigenvalue weighted by Crippen LogP contribution is -2.35. The zero-order valence-electron chi connectivity index (χ0n) is 8.75. The Kier molecular flexibility index (Phi) is 3.33. The fourth-order valence-corrected chi connectivity index (χ4v) is 2.31. The summed E-state index contributed by atoms with van der Waals surface area (Å²) >= 11 is 1.67. The predicted octanol–water partition coefficient (Wildman–Crippen LogP) is 0.820. The Hall–Kier alpha value is -0.940. The Morgan fingerprint density at radius 2 is 2.60 bits per heavy atom. The molecule has 82 valence electrons. The molecule has 0 bridgehead atoms. The highest BCUT2D eigenvalue weighted by molar-refractivity contribution is 7.09. The first-order chi connectivity index (χ1) is 7.24. The van der Waals surface area contributed by atoms with Crippen LogP contribution in [0.2, 0.25) is 0 Å². The summed E-state index contributed by atoms with van der Waals surface area (Å²) in [5.74, 6) is 0.173. The van der Waals surface area contributed by atoms with Crippen molar-refractivity contribution in [3.63, 3.8) is 0 Å². The minimum atomic E-state index is 0.173. The number of carbonyl (C=O) groups excluding carboxylic acids is 1. The molecule has 1 aliphatic heterocycles. The molecule has 2 N–H and O–H groups in total. The molecule has 5 heteroatoms. The van der Waals surface area contributed by atoms with E-state index in [4.69, 9.17) is 0 Å². The van der Waals surface area contributed by atoms with Gasteiger partial charge in [-0.25, -0.2) is 4.98 Å². The van der Waals surface area contributed by atoms with Crippen LogP contribution in [0.4, 0.5) is 0 Å². The van der Waals surface area contributed by atoms with Gasteiger partial charge in [-0.15, -0.1) is 11.3 Å². The van der Waals surface area contributed by atoms with Gasteiger partial charge in [-0.1, -0.05) is 0 Å². The second-order valence-electron chi connectivity index (χ2n) is 3.79. The van der Waals surface area contributed by atoms with Crippen LogP contribution in [0.25, 0.3) is 0 Å². The number of aryl methyl sites for hydroxylation is 1. The molecule has 2 rings (SSSR count). The lowest BCUT2D eigenvalue weighted by Gasteiger charge is -2.09. The molecule has 0 aliphatic carbocycles. The lowest BCUT2D eigenvalue weighted by atomic mass is 10.2. The minimum Gasteiger partial charge on any atom is -0.352 e. The largest absolute Gasteiger partial charge is 0.352 e. The first kappa shape index (κ1) is 10.6. The summed E-state index contributed by atoms with van der Waals surface area (Å²) in [7, 11) is 0. The number of rotatable bonds is 4. The van der Waals surface area contributed by atoms with Crippen molar-refractivity contribution >= 4 is 17.2 Å². The Labute approximate surface area is 93.1 Å². The Morgan fingerprint density at radius 1 is 1.73 bits per heavy atom. The fraction of sp³-hybridized carbons (Fsp3) is 0.600. The van der Waals surface area contributed by atoms with Crippen molar-refractivity contribution in [2.75, 3.05) is 6.54 Å². The van der Waals surface area contributed by atoms with Crippen molar-refractivity contribution in [1.82, 2.24) is 15.6 Å². The number of hydrogen-bond acceptors (Lipinski definition) is 4. The number of nitrogens with zero attached hydrogens (tertiary/aromatic N) is 1. The van der Waals surface area contributed by atoms with E-state index in [2.05, 4.69) is 21.0 Å². The molecule has 15 heavy (non-hydrogen) atoms. The van der Waals surface area contributed by atoms with Crippen LogP contribution in [0.15, 0.2) is 5.38 Å². The molecule has 4 nitrogen and oxygen atoms in total. The monoisotopic (exact) mass is 225 g/mol. The van der Waals surface area contributed by atoms with Crippen LogP contribution in [-0.2, 0) is 11.3 Å². The van der Waals surface area contributed by atoms with Crippen LogP contribution in [0.5, 0.6) is 0 Å². The topological polar surface area (TPSA) is 54.0 Å². The van der Waals surface area contributed by atoms with Crippen molar-refractivity contribution in [1.29, 1.82) is 0 Å². The number of aromatic nitrogens is 1. The van der Waals surface area contributed by atoms with Crippen molar-refractivity contribution in [2.24, 2.45) is 0 Å². The zero-order valence-corrected chi connectivity index (χ0v) is 9.56. The van der Waals surface area contributed by atoms with Gasteiger partial charge >= 0.3 is 0 Å². The highest BCUT2D eigenvalue weighted by Gasteiger charge is 2.19. The number of thiazole rings is 1. The van der Waals surface area contributed by atoms with E-state index in [1.165, 1.54) is 0 Å². The molecule has 1 unspecified atom stereocenters. The Bertz CT molecular complexity index is 350. The maximum atomic E-state index is 10.9. The van der Waals surface area contributed by atoms with Gasteiger partial charge in [0, 0.05) is 30.9 Å². The molecule has 0 radical (unpaired) electrons. The van der Waals surface area contributed by atoms with Crippen molar-refractivity contribution in [3.8, 4) is 0 Å². The van der Waals surface area contributed by atoms with Crippen LogP contribution >= 0.6 is 11.3 Å². The van der Waals surface area contributed by atoms with E-state index in [-0.39, 0.29) is 5.91 Å². The molecule has 1 aromatic heterocycles. The molecular formula is C10H15N3OS. The molecule has 1 amide bonds. The van der Waals surface area contributed by atoms with E-state index in [1.54, 1.807) is 11.3 Å². The minimum absolute atomic E-state index is 0.173. The number of amides is 1. The summed E-state index contributed by atoms with van der Waals surface area (Å²) in [5.41, 5.74) is 1.09. The van der Waals surface area contributed by atoms with E-state index >= 15 is 0 Å². The van der Waals surface area contributed by atoms with E-state index in [1.807, 2.05) is 6.92 Å². The highest BCUT2D eigenvalue weighted by atomic mass is 32.1. The van der Waals surface area contributed by atoms with Gasteiger partial charge in [0.05, 0.1) is 10.7 Å². The van der Waals surface area contributed by atoms with Gasteiger partial charge in [-0.2, -0.15) is 0 Å². The average Bonchev–Trinajstić information content (AvgIpc) is 2.76. The molecular weight excluding hydrogens is 210 g/mol. The van der Waals surface area contributed by atoms with Crippen LogP contribution in [-0.4, -0.2) is 23.5 Å². The normalized spacial score (nSPS) is 20.6. The number of carbonyl (C=O) groups is 1. The third-order valence-corrected chi connectivity index (χ3v) is 3.27. The summed E-state index contributed by atoms with van der Waals surface area (Å²) in [4.78, 5) is 15.3. The molecule has 0 spiro atoms. The van der Waals surface area contributed by atoms with Gasteiger partial charge in [-0.3, -0.25) is 4.79 Å². The maximum Gasteiger partial charge on any atom is 0.220 e. The summed E-state index contributed by atoms with van der Waals surface area (Å²) in [6, 6.07) is 0.303. The van der Waals surface area contributed by atoms with Gasteiger partial charge in [-0.05, 0) is 13.3 Å². The van der Waals surface area contributed by atoms with Crippen molar-refractivity contribution < 1.29 is 4.79 Å². The summed E-state index contributed by atoms with van der Waals surface area (Å²) in [5, 5.41) is 9.40. The molecule has 1 fully saturated rings. The Balaban J connectivity index is 1.69. The van der Waals surface area contributed by atoms with Crippen LogP contribution in [0.1, 0.15) is 23.5 Å². The first-order valence-corrected chi connectivity index (χ1v) is 6.03. The van der Waals surface area contributed by atoms with Crippen LogP contribution in [0, 0.1) is 6.92 Å². The summed E-state index contributed by atoms with van der Waals surface area (Å²) < 4.78 is 0. The molecule has 1 atom stereocenters. The second-order valence-corrected chi connectivity index (χ2v) is 4.85. The smallest absolute Gasteiger partial charge is 0.220 e. The van der Waals surface area contributed by atoms with Gasteiger partial charge in [0.1, 0.15) is 0 Å². The first-order valence-electron chi connectivity index (χ1n) is 5.15. The maximum absolute atomic E-state index is 10.9. The number of hydrogen-bond donors (Lipinski definition) is 2. The van der Waals surface area contributed by atoms with Crippen molar-refractivity contribution in [3.05, 3.63) is 16.1 Å². The third-order valence-electron chi connectivity index (χ3n) is 2.45. The van der Waals surface area contributed by atoms with Gasteiger partial charge in [0.25, 0.3) is 0 Å². The lowest BCUT2D eigenvalue weighted by molar-refractivity contribution is -0.119. The van der Waals surface area contributed by atoms with E-state index < -0.39 is 0 Å². The fourth-order valence-electron chi connectivity index (χ4n) is 1.69. The van der Waals surface area contributed by atoms with Gasteiger partial charge in [0.2, 0.25) is 5.91 Å². The Morgan fingerprint density at radius 3 is 3.20 bits per heavy atom. The molecule has 1 aliphatic rings. The molecule has 0 aromatic carbocycles. The van der Waals surface area contributed by atoms with E-state index in [0.29, 0.717) is 12.5 Å². The van der Waals surface area contributed by atoms with E-state index in [9.17, 15) is 4.79 Å². The summed E-state index contributed by atoms with van der Waals surface area (Å²) in [6.07, 6.45) is 1.62. The summed E-state index contributed by atoms with van der Waals surface area (Å²) in [6.45, 7) is 3.63. The number of nitrogens with one attached hydrogen (secondary N) is 2. The van der Waals surface area contributed by atoms with Crippen LogP contribution < -0.4 is 10.6 Å². The molecule has 1 saturated heterocycles. The third kappa shape index (κ3) is 3.00. The molecule has 0 saturated carbocycles. The highest BCUT2D eigenvalue weighted by Crippen LogP contribution is 2.08. The second kappa shape index (κ2) is 4.72.